The van der Waals surface area contributed by atoms with Crippen LogP contribution in [0.3, 0.4) is 0 Å². The largest absolute Gasteiger partial charge is 0.373 e. The van der Waals surface area contributed by atoms with E-state index in [1.807, 2.05) is 12.3 Å². The quantitative estimate of drug-likeness (QED) is 0.790. The van der Waals surface area contributed by atoms with Gasteiger partial charge in [0.15, 0.2) is 0 Å². The maximum atomic E-state index is 5.48. The molecule has 3 heteroatoms. The number of nitrogens with two attached hydrogens (primary N) is 1. The molecule has 3 nitrogen and oxygen atoms in total. The van der Waals surface area contributed by atoms with Crippen LogP contribution in [0.5, 0.6) is 0 Å². The first kappa shape index (κ1) is 11.0. The average molecular weight is 193 g/mol. The maximum absolute atomic E-state index is 5.48. The smallest absolute Gasteiger partial charge is 0.0550 e. The lowest BCUT2D eigenvalue weighted by molar-refractivity contribution is 0.638. The number of pyridine rings is 1. The van der Waals surface area contributed by atoms with Crippen molar-refractivity contribution in [2.75, 3.05) is 18.5 Å². The normalized spacial score (nSPS) is 10.6. The molecule has 0 saturated carbocycles. The van der Waals surface area contributed by atoms with E-state index in [4.69, 9.17) is 5.73 Å². The highest BCUT2D eigenvalue weighted by atomic mass is 15.1. The number of hydrogen-bond donors (Lipinski definition) is 1. The molecule has 0 saturated heterocycles. The fraction of sp³-hybridized carbons (Fsp3) is 0.545. The zero-order valence-electron chi connectivity index (χ0n) is 9.20. The van der Waals surface area contributed by atoms with E-state index in [-0.39, 0.29) is 0 Å². The molecule has 78 valence electrons. The van der Waals surface area contributed by atoms with Crippen molar-refractivity contribution in [3.63, 3.8) is 0 Å². The van der Waals surface area contributed by atoms with E-state index in [2.05, 4.69) is 36.8 Å². The van der Waals surface area contributed by atoms with Gasteiger partial charge in [0, 0.05) is 20.1 Å². The number of rotatable bonds is 4. The molecule has 2 N–H and O–H groups in total. The third-order valence-electron chi connectivity index (χ3n) is 2.10. The van der Waals surface area contributed by atoms with Gasteiger partial charge in [0.1, 0.15) is 0 Å². The minimum Gasteiger partial charge on any atom is -0.373 e. The summed E-state index contributed by atoms with van der Waals surface area (Å²) in [5.74, 6) is 0.661. The van der Waals surface area contributed by atoms with Gasteiger partial charge < -0.3 is 10.6 Å². The molecule has 0 amide bonds. The van der Waals surface area contributed by atoms with Crippen molar-refractivity contribution in [2.45, 2.75) is 20.4 Å². The Hall–Kier alpha value is -1.09. The Labute approximate surface area is 85.9 Å². The van der Waals surface area contributed by atoms with Gasteiger partial charge in [0.25, 0.3) is 0 Å². The predicted molar refractivity (Wildman–Crippen MR) is 60.2 cm³/mol. The Morgan fingerprint density at radius 3 is 2.57 bits per heavy atom. The minimum atomic E-state index is 0.508. The van der Waals surface area contributed by atoms with E-state index in [0.717, 1.165) is 17.9 Å². The van der Waals surface area contributed by atoms with E-state index < -0.39 is 0 Å². The van der Waals surface area contributed by atoms with Crippen LogP contribution in [0, 0.1) is 5.92 Å². The van der Waals surface area contributed by atoms with Crippen LogP contribution in [-0.4, -0.2) is 18.6 Å². The molecule has 0 aliphatic carbocycles. The molecule has 0 bridgehead atoms. The van der Waals surface area contributed by atoms with Gasteiger partial charge in [-0.1, -0.05) is 13.8 Å². The summed E-state index contributed by atoms with van der Waals surface area (Å²) in [7, 11) is 2.08. The highest BCUT2D eigenvalue weighted by molar-refractivity contribution is 5.43. The molecule has 0 aliphatic heterocycles. The van der Waals surface area contributed by atoms with Gasteiger partial charge in [-0.3, -0.25) is 4.98 Å². The van der Waals surface area contributed by atoms with Gasteiger partial charge in [-0.25, -0.2) is 0 Å². The van der Waals surface area contributed by atoms with Crippen molar-refractivity contribution in [2.24, 2.45) is 11.7 Å². The van der Waals surface area contributed by atoms with Crippen LogP contribution in [0.4, 0.5) is 5.69 Å². The Morgan fingerprint density at radius 2 is 2.14 bits per heavy atom. The summed E-state index contributed by atoms with van der Waals surface area (Å²) in [6.45, 7) is 5.97. The van der Waals surface area contributed by atoms with Gasteiger partial charge in [-0.2, -0.15) is 0 Å². The van der Waals surface area contributed by atoms with E-state index in [1.54, 1.807) is 0 Å². The van der Waals surface area contributed by atoms with Crippen LogP contribution in [0.1, 0.15) is 19.5 Å². The second-order valence-corrected chi connectivity index (χ2v) is 3.99. The van der Waals surface area contributed by atoms with Crippen LogP contribution in [0.15, 0.2) is 18.3 Å². The second-order valence-electron chi connectivity index (χ2n) is 3.99. The van der Waals surface area contributed by atoms with Crippen LogP contribution >= 0.6 is 0 Å². The molecule has 1 aromatic rings. The molecule has 1 rings (SSSR count). The zero-order valence-corrected chi connectivity index (χ0v) is 9.20. The molecule has 0 fully saturated rings. The lowest BCUT2D eigenvalue weighted by Crippen LogP contribution is -2.22. The highest BCUT2D eigenvalue weighted by Crippen LogP contribution is 2.12. The molecule has 0 aromatic carbocycles. The lowest BCUT2D eigenvalue weighted by atomic mass is 10.2. The van der Waals surface area contributed by atoms with Crippen molar-refractivity contribution < 1.29 is 0 Å². The predicted octanol–water partition coefficient (Wildman–Crippen LogP) is 1.63. The Kier molecular flexibility index (Phi) is 3.89. The molecular formula is C11H19N3. The first-order chi connectivity index (χ1) is 6.63. The molecule has 1 aromatic heterocycles. The van der Waals surface area contributed by atoms with E-state index in [1.165, 1.54) is 0 Å². The van der Waals surface area contributed by atoms with Gasteiger partial charge in [0.2, 0.25) is 0 Å². The second kappa shape index (κ2) is 4.96. The first-order valence-corrected chi connectivity index (χ1v) is 4.99. The lowest BCUT2D eigenvalue weighted by Gasteiger charge is -2.21. The van der Waals surface area contributed by atoms with Gasteiger partial charge >= 0.3 is 0 Å². The third kappa shape index (κ3) is 3.00. The molecule has 1 heterocycles. The zero-order chi connectivity index (χ0) is 10.6. The summed E-state index contributed by atoms with van der Waals surface area (Å²) in [4.78, 5) is 6.47. The van der Waals surface area contributed by atoms with Crippen molar-refractivity contribution in [3.8, 4) is 0 Å². The number of aromatic nitrogens is 1. The van der Waals surface area contributed by atoms with E-state index in [0.29, 0.717) is 12.5 Å². The fourth-order valence-electron chi connectivity index (χ4n) is 1.42. The Balaban J connectivity index is 2.66. The van der Waals surface area contributed by atoms with E-state index in [9.17, 15) is 0 Å². The number of nitrogens with zero attached hydrogens (tertiary/aromatic N) is 2. The molecule has 0 aliphatic rings. The van der Waals surface area contributed by atoms with Crippen molar-refractivity contribution in [3.05, 3.63) is 24.0 Å². The summed E-state index contributed by atoms with van der Waals surface area (Å²) >= 11 is 0. The monoisotopic (exact) mass is 193 g/mol. The topological polar surface area (TPSA) is 42.1 Å². The maximum Gasteiger partial charge on any atom is 0.0550 e. The Morgan fingerprint density at radius 1 is 1.43 bits per heavy atom. The van der Waals surface area contributed by atoms with Crippen molar-refractivity contribution in [1.29, 1.82) is 0 Å². The van der Waals surface area contributed by atoms with E-state index >= 15 is 0 Å². The van der Waals surface area contributed by atoms with Gasteiger partial charge in [-0.15, -0.1) is 0 Å². The number of hydrogen-bond acceptors (Lipinski definition) is 3. The highest BCUT2D eigenvalue weighted by Gasteiger charge is 2.03. The van der Waals surface area contributed by atoms with Crippen molar-refractivity contribution in [1.82, 2.24) is 4.98 Å². The minimum absolute atomic E-state index is 0.508. The summed E-state index contributed by atoms with van der Waals surface area (Å²) in [6.07, 6.45) is 1.88. The third-order valence-corrected chi connectivity index (χ3v) is 2.10. The van der Waals surface area contributed by atoms with Crippen LogP contribution in [-0.2, 0) is 6.54 Å². The molecule has 0 atom stereocenters. The standard InChI is InChI=1S/C11H19N3/c1-9(2)8-14(3)11-5-4-10(6-12)13-7-11/h4-5,7,9H,6,8,12H2,1-3H3. The Bertz CT molecular complexity index is 266. The summed E-state index contributed by atoms with van der Waals surface area (Å²) in [5.41, 5.74) is 7.57. The SMILES string of the molecule is CC(C)CN(C)c1ccc(CN)nc1. The first-order valence-electron chi connectivity index (χ1n) is 4.99. The molecule has 0 radical (unpaired) electrons. The molecule has 14 heavy (non-hydrogen) atoms. The molecular weight excluding hydrogens is 174 g/mol. The molecule has 0 unspecified atom stereocenters. The molecule has 0 spiro atoms. The van der Waals surface area contributed by atoms with Crippen LogP contribution in [0.25, 0.3) is 0 Å². The van der Waals surface area contributed by atoms with Gasteiger partial charge in [0.05, 0.1) is 17.6 Å². The van der Waals surface area contributed by atoms with Crippen LogP contribution < -0.4 is 10.6 Å². The average Bonchev–Trinajstić information content (AvgIpc) is 2.17. The summed E-state index contributed by atoms with van der Waals surface area (Å²) in [5, 5.41) is 0. The van der Waals surface area contributed by atoms with Crippen molar-refractivity contribution >= 4 is 5.69 Å². The summed E-state index contributed by atoms with van der Waals surface area (Å²) < 4.78 is 0. The van der Waals surface area contributed by atoms with Crippen LogP contribution in [0.2, 0.25) is 0 Å². The van der Waals surface area contributed by atoms with Gasteiger partial charge in [-0.05, 0) is 18.1 Å². The number of anilines is 1. The fourth-order valence-corrected chi connectivity index (χ4v) is 1.42. The summed E-state index contributed by atoms with van der Waals surface area (Å²) in [6, 6.07) is 4.05.